The summed E-state index contributed by atoms with van der Waals surface area (Å²) in [5.41, 5.74) is -0.131. The van der Waals surface area contributed by atoms with E-state index < -0.39 is 23.7 Å². The van der Waals surface area contributed by atoms with Crippen molar-refractivity contribution in [2.45, 2.75) is 51.6 Å². The Morgan fingerprint density at radius 1 is 1.16 bits per heavy atom. The van der Waals surface area contributed by atoms with Gasteiger partial charge in [0.25, 0.3) is 11.5 Å². The molecule has 164 valence electrons. The van der Waals surface area contributed by atoms with Gasteiger partial charge in [-0.1, -0.05) is 0 Å². The van der Waals surface area contributed by atoms with Crippen LogP contribution >= 0.6 is 15.9 Å². The molecule has 1 aliphatic carbocycles. The molecule has 9 heteroatoms. The lowest BCUT2D eigenvalue weighted by Crippen LogP contribution is -2.34. The fraction of sp³-hybridized carbons (Fsp3) is 0.364. The van der Waals surface area contributed by atoms with E-state index in [0.29, 0.717) is 15.7 Å². The molecule has 1 amide bonds. The number of ether oxygens (including phenoxy) is 1. The van der Waals surface area contributed by atoms with Crippen LogP contribution in [0.5, 0.6) is 5.75 Å². The van der Waals surface area contributed by atoms with Crippen LogP contribution in [0.3, 0.4) is 0 Å². The van der Waals surface area contributed by atoms with Crippen molar-refractivity contribution in [3.63, 3.8) is 0 Å². The normalized spacial score (nSPS) is 17.7. The summed E-state index contributed by atoms with van der Waals surface area (Å²) >= 11 is 3.18. The van der Waals surface area contributed by atoms with Gasteiger partial charge in [0.1, 0.15) is 11.4 Å². The Hall–Kier alpha value is -2.55. The molecular formula is C22H20BrF3N2O3. The van der Waals surface area contributed by atoms with Gasteiger partial charge in [-0.15, -0.1) is 0 Å². The number of fused-ring (bicyclic) bond motifs is 1. The summed E-state index contributed by atoms with van der Waals surface area (Å²) in [5, 5.41) is 0. The number of halogens is 4. The van der Waals surface area contributed by atoms with Gasteiger partial charge >= 0.3 is 6.18 Å². The molecule has 1 fully saturated rings. The van der Waals surface area contributed by atoms with Crippen LogP contribution < -0.4 is 10.3 Å². The van der Waals surface area contributed by atoms with Crippen molar-refractivity contribution in [1.29, 1.82) is 0 Å². The molecule has 1 aromatic heterocycles. The highest BCUT2D eigenvalue weighted by Crippen LogP contribution is 2.38. The molecule has 0 N–H and O–H groups in total. The first-order valence-electron chi connectivity index (χ1n) is 9.85. The van der Waals surface area contributed by atoms with E-state index in [4.69, 9.17) is 4.74 Å². The summed E-state index contributed by atoms with van der Waals surface area (Å²) < 4.78 is 47.9. The topological polar surface area (TPSA) is 51.5 Å². The van der Waals surface area contributed by atoms with Gasteiger partial charge in [0.05, 0.1) is 22.2 Å². The highest BCUT2D eigenvalue weighted by Gasteiger charge is 2.35. The lowest BCUT2D eigenvalue weighted by molar-refractivity contribution is -0.137. The molecule has 0 saturated heterocycles. The minimum Gasteiger partial charge on any atom is -0.490 e. The second-order valence-electron chi connectivity index (χ2n) is 7.78. The molecular weight excluding hydrogens is 477 g/mol. The minimum atomic E-state index is -4.54. The molecule has 5 nitrogen and oxygen atoms in total. The Morgan fingerprint density at radius 2 is 1.87 bits per heavy atom. The lowest BCUT2D eigenvalue weighted by Gasteiger charge is -2.30. The predicted octanol–water partition coefficient (Wildman–Crippen LogP) is 5.29. The zero-order valence-corrected chi connectivity index (χ0v) is 18.5. The zero-order valence-electron chi connectivity index (χ0n) is 16.9. The molecule has 2 aliphatic rings. The number of nitrogens with zero attached hydrogens (tertiary/aromatic N) is 2. The number of aromatic nitrogens is 1. The van der Waals surface area contributed by atoms with Crippen LogP contribution in [-0.4, -0.2) is 21.5 Å². The van der Waals surface area contributed by atoms with E-state index in [9.17, 15) is 22.8 Å². The monoisotopic (exact) mass is 496 g/mol. The first kappa shape index (κ1) is 21.7. The maximum absolute atomic E-state index is 13.5. The smallest absolute Gasteiger partial charge is 0.416 e. The molecule has 0 spiro atoms. The molecule has 1 aliphatic heterocycles. The van der Waals surface area contributed by atoms with E-state index in [-0.39, 0.29) is 29.7 Å². The van der Waals surface area contributed by atoms with Crippen molar-refractivity contribution >= 4 is 21.8 Å². The standard InChI is InChI=1S/C22H20BrF3N2O3/c1-12-7-8-27-19(6-5-18(23)20(27)29)21(30)28(12)13(2)14-9-15(22(24,25)26)11-17(10-14)31-16-3-4-16/h5-7,9-11,13,16H,3-4,8H2,1-2H3. The number of hydrogen-bond donors (Lipinski definition) is 0. The van der Waals surface area contributed by atoms with Gasteiger partial charge in [0.2, 0.25) is 0 Å². The van der Waals surface area contributed by atoms with E-state index in [2.05, 4.69) is 15.9 Å². The van der Waals surface area contributed by atoms with Gasteiger partial charge in [0, 0.05) is 12.2 Å². The van der Waals surface area contributed by atoms with Crippen molar-refractivity contribution in [3.8, 4) is 5.75 Å². The fourth-order valence-corrected chi connectivity index (χ4v) is 3.97. The number of pyridine rings is 1. The molecule has 1 unspecified atom stereocenters. The number of allylic oxidation sites excluding steroid dienone is 2. The molecule has 0 radical (unpaired) electrons. The summed E-state index contributed by atoms with van der Waals surface area (Å²) in [6.07, 6.45) is -1.26. The Bertz CT molecular complexity index is 1140. The average Bonchev–Trinajstić information content (AvgIpc) is 3.52. The number of benzene rings is 1. The second kappa shape index (κ2) is 7.85. The molecule has 4 rings (SSSR count). The van der Waals surface area contributed by atoms with Gasteiger partial charge in [-0.3, -0.25) is 14.2 Å². The van der Waals surface area contributed by atoms with Crippen LogP contribution in [0.4, 0.5) is 13.2 Å². The predicted molar refractivity (Wildman–Crippen MR) is 112 cm³/mol. The Labute approximate surface area is 185 Å². The summed E-state index contributed by atoms with van der Waals surface area (Å²) in [6.45, 7) is 3.56. The number of rotatable bonds is 4. The van der Waals surface area contributed by atoms with Crippen molar-refractivity contribution in [1.82, 2.24) is 9.47 Å². The molecule has 0 bridgehead atoms. The third-order valence-corrected chi connectivity index (χ3v) is 6.07. The van der Waals surface area contributed by atoms with E-state index in [1.165, 1.54) is 21.6 Å². The quantitative estimate of drug-likeness (QED) is 0.577. The molecule has 1 atom stereocenters. The van der Waals surface area contributed by atoms with Crippen molar-refractivity contribution in [3.05, 3.63) is 73.8 Å². The van der Waals surface area contributed by atoms with Crippen LogP contribution in [0.15, 0.2) is 51.4 Å². The molecule has 1 aromatic carbocycles. The van der Waals surface area contributed by atoms with Crippen LogP contribution in [0.25, 0.3) is 0 Å². The van der Waals surface area contributed by atoms with Crippen molar-refractivity contribution in [2.24, 2.45) is 0 Å². The molecule has 1 saturated carbocycles. The van der Waals surface area contributed by atoms with E-state index in [1.54, 1.807) is 26.0 Å². The minimum absolute atomic E-state index is 0.0645. The fourth-order valence-electron chi connectivity index (χ4n) is 3.63. The summed E-state index contributed by atoms with van der Waals surface area (Å²) in [6, 6.07) is 5.92. The molecule has 31 heavy (non-hydrogen) atoms. The summed E-state index contributed by atoms with van der Waals surface area (Å²) in [4.78, 5) is 27.2. The Morgan fingerprint density at radius 3 is 2.52 bits per heavy atom. The van der Waals surface area contributed by atoms with Crippen LogP contribution in [0, 0.1) is 0 Å². The zero-order chi connectivity index (χ0) is 22.5. The van der Waals surface area contributed by atoms with Gasteiger partial charge in [-0.05, 0) is 84.6 Å². The number of alkyl halides is 3. The first-order valence-corrected chi connectivity index (χ1v) is 10.6. The highest BCUT2D eigenvalue weighted by atomic mass is 79.9. The van der Waals surface area contributed by atoms with Crippen LogP contribution in [-0.2, 0) is 12.7 Å². The Kier molecular flexibility index (Phi) is 5.49. The number of amides is 1. The molecule has 2 aromatic rings. The van der Waals surface area contributed by atoms with Gasteiger partial charge in [-0.2, -0.15) is 13.2 Å². The van der Waals surface area contributed by atoms with E-state index in [1.807, 2.05) is 0 Å². The first-order chi connectivity index (χ1) is 14.6. The van der Waals surface area contributed by atoms with Crippen molar-refractivity contribution < 1.29 is 22.7 Å². The van der Waals surface area contributed by atoms with E-state index in [0.717, 1.165) is 25.0 Å². The summed E-state index contributed by atoms with van der Waals surface area (Å²) in [7, 11) is 0. The third-order valence-electron chi connectivity index (χ3n) is 5.47. The molecule has 2 heterocycles. The number of carbonyl (C=O) groups excluding carboxylic acids is 1. The second-order valence-corrected chi connectivity index (χ2v) is 8.64. The highest BCUT2D eigenvalue weighted by molar-refractivity contribution is 9.10. The maximum atomic E-state index is 13.5. The largest absolute Gasteiger partial charge is 0.490 e. The van der Waals surface area contributed by atoms with Crippen molar-refractivity contribution in [2.75, 3.05) is 0 Å². The number of carbonyl (C=O) groups is 1. The van der Waals surface area contributed by atoms with Gasteiger partial charge in [0.15, 0.2) is 0 Å². The maximum Gasteiger partial charge on any atom is 0.416 e. The third kappa shape index (κ3) is 4.28. The number of hydrogen-bond acceptors (Lipinski definition) is 3. The van der Waals surface area contributed by atoms with Gasteiger partial charge < -0.3 is 9.64 Å². The lowest BCUT2D eigenvalue weighted by atomic mass is 10.0. The SMILES string of the molecule is CC1=CCn2c(ccc(Br)c2=O)C(=O)N1C(C)c1cc(OC2CC2)cc(C(F)(F)F)c1. The van der Waals surface area contributed by atoms with Crippen LogP contribution in [0.1, 0.15) is 54.3 Å². The van der Waals surface area contributed by atoms with Crippen LogP contribution in [0.2, 0.25) is 0 Å². The summed E-state index contributed by atoms with van der Waals surface area (Å²) in [5.74, 6) is -0.311. The van der Waals surface area contributed by atoms with Gasteiger partial charge in [-0.25, -0.2) is 0 Å². The van der Waals surface area contributed by atoms with E-state index >= 15 is 0 Å². The Balaban J connectivity index is 1.77. The average molecular weight is 497 g/mol.